The van der Waals surface area contributed by atoms with Gasteiger partial charge in [-0.25, -0.2) is 4.79 Å². The molecule has 3 atom stereocenters. The highest BCUT2D eigenvalue weighted by atomic mass is 16.6. The largest absolute Gasteiger partial charge is 0.485 e. The molecule has 1 spiro atoms. The van der Waals surface area contributed by atoms with Gasteiger partial charge in [0.15, 0.2) is 0 Å². The van der Waals surface area contributed by atoms with Crippen LogP contribution in [0.2, 0.25) is 0 Å². The van der Waals surface area contributed by atoms with E-state index in [1.807, 2.05) is 6.07 Å². The second-order valence-electron chi connectivity index (χ2n) is 8.22. The highest BCUT2D eigenvalue weighted by Crippen LogP contribution is 2.57. The Morgan fingerprint density at radius 1 is 1.30 bits per heavy atom. The van der Waals surface area contributed by atoms with E-state index in [0.29, 0.717) is 12.0 Å². The average molecular weight is 372 g/mol. The van der Waals surface area contributed by atoms with Crippen LogP contribution < -0.4 is 4.74 Å². The highest BCUT2D eigenvalue weighted by Gasteiger charge is 2.61. The van der Waals surface area contributed by atoms with Crippen LogP contribution in [0.15, 0.2) is 18.7 Å². The normalized spacial score (nSPS) is 28.2. The van der Waals surface area contributed by atoms with Crippen LogP contribution in [0.4, 0.5) is 0 Å². The number of fused-ring (bicyclic) bond motifs is 1. The molecule has 5 heteroatoms. The SMILES string of the molecule is C=Cc1cc(C(=O)OC)cc2c1O[C@@]1(C2)[C@H](C)CC[C@H](OC(C)=O)C1(C)C. The first kappa shape index (κ1) is 19.5. The van der Waals surface area contributed by atoms with Gasteiger partial charge in [0.1, 0.15) is 17.5 Å². The van der Waals surface area contributed by atoms with Crippen molar-refractivity contribution in [3.63, 3.8) is 0 Å². The highest BCUT2D eigenvalue weighted by molar-refractivity contribution is 5.91. The number of hydrogen-bond donors (Lipinski definition) is 0. The molecular formula is C22H28O5. The van der Waals surface area contributed by atoms with Crippen molar-refractivity contribution >= 4 is 18.0 Å². The lowest BCUT2D eigenvalue weighted by atomic mass is 9.58. The Labute approximate surface area is 160 Å². The van der Waals surface area contributed by atoms with E-state index in [-0.39, 0.29) is 29.4 Å². The number of ether oxygens (including phenoxy) is 3. The minimum atomic E-state index is -0.514. The maximum absolute atomic E-state index is 12.1. The lowest BCUT2D eigenvalue weighted by molar-refractivity contribution is -0.186. The molecule has 0 bridgehead atoms. The third kappa shape index (κ3) is 2.93. The zero-order valence-electron chi connectivity index (χ0n) is 16.8. The summed E-state index contributed by atoms with van der Waals surface area (Å²) in [6.45, 7) is 11.7. The zero-order valence-corrected chi connectivity index (χ0v) is 16.8. The van der Waals surface area contributed by atoms with Crippen molar-refractivity contribution in [2.24, 2.45) is 11.3 Å². The second-order valence-corrected chi connectivity index (χ2v) is 8.22. The van der Waals surface area contributed by atoms with Gasteiger partial charge in [-0.1, -0.05) is 33.4 Å². The Hall–Kier alpha value is -2.30. The zero-order chi connectivity index (χ0) is 20.0. The van der Waals surface area contributed by atoms with E-state index in [1.54, 1.807) is 12.1 Å². The van der Waals surface area contributed by atoms with E-state index in [0.717, 1.165) is 29.7 Å². The maximum Gasteiger partial charge on any atom is 0.337 e. The van der Waals surface area contributed by atoms with E-state index < -0.39 is 5.60 Å². The number of methoxy groups -OCH3 is 1. The van der Waals surface area contributed by atoms with Gasteiger partial charge in [0.25, 0.3) is 0 Å². The van der Waals surface area contributed by atoms with Gasteiger partial charge in [0.05, 0.1) is 12.7 Å². The number of carbonyl (C=O) groups is 2. The summed E-state index contributed by atoms with van der Waals surface area (Å²) < 4.78 is 17.2. The van der Waals surface area contributed by atoms with Crippen molar-refractivity contribution in [1.82, 2.24) is 0 Å². The molecular weight excluding hydrogens is 344 g/mol. The molecule has 1 aromatic carbocycles. The van der Waals surface area contributed by atoms with E-state index in [2.05, 4.69) is 27.4 Å². The molecule has 0 unspecified atom stereocenters. The Balaban J connectivity index is 2.07. The van der Waals surface area contributed by atoms with Crippen molar-refractivity contribution in [1.29, 1.82) is 0 Å². The molecule has 0 amide bonds. The first-order valence-corrected chi connectivity index (χ1v) is 9.40. The molecule has 1 fully saturated rings. The molecule has 0 N–H and O–H groups in total. The van der Waals surface area contributed by atoms with Crippen molar-refractivity contribution in [2.45, 2.75) is 58.7 Å². The number of rotatable bonds is 3. The molecule has 27 heavy (non-hydrogen) atoms. The molecule has 0 radical (unpaired) electrons. The Morgan fingerprint density at radius 3 is 2.59 bits per heavy atom. The van der Waals surface area contributed by atoms with Gasteiger partial charge >= 0.3 is 11.9 Å². The summed E-state index contributed by atoms with van der Waals surface area (Å²) in [6.07, 6.45) is 3.86. The third-order valence-electron chi connectivity index (χ3n) is 6.43. The summed E-state index contributed by atoms with van der Waals surface area (Å²) in [6, 6.07) is 3.60. The molecule has 2 aliphatic rings. The number of esters is 2. The maximum atomic E-state index is 12.1. The van der Waals surface area contributed by atoms with Gasteiger partial charge < -0.3 is 14.2 Å². The number of hydrogen-bond acceptors (Lipinski definition) is 5. The van der Waals surface area contributed by atoms with Crippen molar-refractivity contribution in [2.75, 3.05) is 7.11 Å². The third-order valence-corrected chi connectivity index (χ3v) is 6.43. The first-order chi connectivity index (χ1) is 12.7. The lowest BCUT2D eigenvalue weighted by Crippen LogP contribution is -2.62. The summed E-state index contributed by atoms with van der Waals surface area (Å²) >= 11 is 0. The average Bonchev–Trinajstić information content (AvgIpc) is 3.02. The van der Waals surface area contributed by atoms with Gasteiger partial charge in [-0.15, -0.1) is 0 Å². The van der Waals surface area contributed by atoms with Gasteiger partial charge in [0, 0.05) is 24.3 Å². The van der Waals surface area contributed by atoms with Crippen LogP contribution in [-0.2, 0) is 20.7 Å². The van der Waals surface area contributed by atoms with Crippen LogP contribution in [0.3, 0.4) is 0 Å². The molecule has 0 aromatic heterocycles. The van der Waals surface area contributed by atoms with E-state index in [1.165, 1.54) is 14.0 Å². The van der Waals surface area contributed by atoms with Crippen molar-refractivity contribution < 1.29 is 23.8 Å². The Bertz CT molecular complexity index is 794. The summed E-state index contributed by atoms with van der Waals surface area (Å²) in [5.74, 6) is 0.385. The first-order valence-electron chi connectivity index (χ1n) is 9.40. The molecule has 1 saturated carbocycles. The molecule has 1 aliphatic heterocycles. The predicted octanol–water partition coefficient (Wildman–Crippen LogP) is 4.18. The van der Waals surface area contributed by atoms with Gasteiger partial charge in [-0.2, -0.15) is 0 Å². The van der Waals surface area contributed by atoms with Crippen molar-refractivity contribution in [3.05, 3.63) is 35.4 Å². The van der Waals surface area contributed by atoms with Crippen molar-refractivity contribution in [3.8, 4) is 5.75 Å². The smallest absolute Gasteiger partial charge is 0.337 e. The fourth-order valence-corrected chi connectivity index (χ4v) is 4.80. The lowest BCUT2D eigenvalue weighted by Gasteiger charge is -2.54. The van der Waals surface area contributed by atoms with Crippen LogP contribution in [0.25, 0.3) is 6.08 Å². The second kappa shape index (κ2) is 6.70. The summed E-state index contributed by atoms with van der Waals surface area (Å²) in [4.78, 5) is 23.7. The fraction of sp³-hybridized carbons (Fsp3) is 0.545. The molecule has 5 nitrogen and oxygen atoms in total. The van der Waals surface area contributed by atoms with Gasteiger partial charge in [-0.3, -0.25) is 4.79 Å². The van der Waals surface area contributed by atoms with E-state index >= 15 is 0 Å². The van der Waals surface area contributed by atoms with Gasteiger partial charge in [-0.05, 0) is 36.5 Å². The number of carbonyl (C=O) groups excluding carboxylic acids is 2. The Morgan fingerprint density at radius 2 is 2.00 bits per heavy atom. The molecule has 3 rings (SSSR count). The van der Waals surface area contributed by atoms with Crippen LogP contribution in [0.1, 0.15) is 62.0 Å². The molecule has 1 aromatic rings. The molecule has 0 saturated heterocycles. The molecule has 146 valence electrons. The minimum absolute atomic E-state index is 0.215. The van der Waals surface area contributed by atoms with Crippen LogP contribution in [0.5, 0.6) is 5.75 Å². The van der Waals surface area contributed by atoms with Crippen LogP contribution >= 0.6 is 0 Å². The van der Waals surface area contributed by atoms with Crippen LogP contribution in [-0.4, -0.2) is 30.8 Å². The minimum Gasteiger partial charge on any atom is -0.485 e. The monoisotopic (exact) mass is 372 g/mol. The molecule has 1 aliphatic carbocycles. The quantitative estimate of drug-likeness (QED) is 0.745. The molecule has 1 heterocycles. The van der Waals surface area contributed by atoms with E-state index in [4.69, 9.17) is 14.2 Å². The summed E-state index contributed by atoms with van der Waals surface area (Å²) in [5, 5.41) is 0. The van der Waals surface area contributed by atoms with E-state index in [9.17, 15) is 9.59 Å². The Kier molecular flexibility index (Phi) is 4.83. The topological polar surface area (TPSA) is 61.8 Å². The van der Waals surface area contributed by atoms with Gasteiger partial charge in [0.2, 0.25) is 0 Å². The summed E-state index contributed by atoms with van der Waals surface area (Å²) in [5.41, 5.74) is 1.34. The predicted molar refractivity (Wildman–Crippen MR) is 103 cm³/mol. The standard InChI is InChI=1S/C22H28O5/c1-7-15-10-16(20(24)25-6)11-17-12-22(27-19(15)17)13(2)8-9-18(21(22,4)5)26-14(3)23/h7,10-11,13,18H,1,8-9,12H2,2-6H3/t13-,18+,22+/m1/s1. The number of benzene rings is 1. The van der Waals surface area contributed by atoms with Crippen LogP contribution in [0, 0.1) is 11.3 Å². The fourth-order valence-electron chi connectivity index (χ4n) is 4.80. The summed E-state index contributed by atoms with van der Waals surface area (Å²) in [7, 11) is 1.37.